The highest BCUT2D eigenvalue weighted by molar-refractivity contribution is 5.84. The summed E-state index contributed by atoms with van der Waals surface area (Å²) in [5, 5.41) is 1.09. The van der Waals surface area contributed by atoms with Gasteiger partial charge in [0.1, 0.15) is 5.76 Å². The Labute approximate surface area is 94.2 Å². The molecule has 3 nitrogen and oxygen atoms in total. The molecule has 3 heteroatoms. The maximum Gasteiger partial charge on any atom is 0.176 e. The number of nitrogens with two attached hydrogens (primary N) is 1. The molecule has 0 unspecified atom stereocenters. The van der Waals surface area contributed by atoms with E-state index in [4.69, 9.17) is 14.9 Å². The van der Waals surface area contributed by atoms with Crippen LogP contribution >= 0.6 is 0 Å². The first-order valence-corrected chi connectivity index (χ1v) is 5.56. The van der Waals surface area contributed by atoms with Gasteiger partial charge in [0.15, 0.2) is 11.3 Å². The zero-order chi connectivity index (χ0) is 11.2. The number of rotatable bonds is 3. The van der Waals surface area contributed by atoms with Gasteiger partial charge in [-0.25, -0.2) is 0 Å². The molecule has 0 amide bonds. The third-order valence-corrected chi connectivity index (χ3v) is 3.49. The van der Waals surface area contributed by atoms with Crippen molar-refractivity contribution in [3.05, 3.63) is 30.0 Å². The molecule has 2 aromatic rings. The number of hydrogen-bond donors (Lipinski definition) is 1. The lowest BCUT2D eigenvalue weighted by atomic mass is 10.0. The minimum atomic E-state index is 0.101. The molecule has 16 heavy (non-hydrogen) atoms. The summed E-state index contributed by atoms with van der Waals surface area (Å²) < 4.78 is 11.2. The molecule has 1 aliphatic rings. The average molecular weight is 217 g/mol. The van der Waals surface area contributed by atoms with Gasteiger partial charge in [0.2, 0.25) is 0 Å². The first-order valence-electron chi connectivity index (χ1n) is 5.56. The molecule has 1 saturated carbocycles. The van der Waals surface area contributed by atoms with Gasteiger partial charge in [0.25, 0.3) is 0 Å². The third-order valence-electron chi connectivity index (χ3n) is 3.49. The molecule has 0 radical (unpaired) electrons. The number of fused-ring (bicyclic) bond motifs is 1. The molecular formula is C13H15NO2. The molecule has 0 atom stereocenters. The Hall–Kier alpha value is -1.48. The largest absolute Gasteiger partial charge is 0.493 e. The molecule has 1 fully saturated rings. The molecule has 0 spiro atoms. The van der Waals surface area contributed by atoms with Crippen LogP contribution in [-0.2, 0) is 5.41 Å². The Morgan fingerprint density at radius 1 is 1.44 bits per heavy atom. The van der Waals surface area contributed by atoms with Crippen LogP contribution in [0.3, 0.4) is 0 Å². The van der Waals surface area contributed by atoms with E-state index in [0.29, 0.717) is 6.54 Å². The minimum absolute atomic E-state index is 0.101. The summed E-state index contributed by atoms with van der Waals surface area (Å²) >= 11 is 0. The second kappa shape index (κ2) is 3.25. The van der Waals surface area contributed by atoms with E-state index in [1.807, 2.05) is 18.2 Å². The van der Waals surface area contributed by atoms with Crippen LogP contribution in [0.4, 0.5) is 0 Å². The van der Waals surface area contributed by atoms with Crippen LogP contribution in [0.2, 0.25) is 0 Å². The second-order valence-corrected chi connectivity index (χ2v) is 4.47. The first kappa shape index (κ1) is 9.73. The van der Waals surface area contributed by atoms with E-state index >= 15 is 0 Å². The van der Waals surface area contributed by atoms with Gasteiger partial charge in [0, 0.05) is 17.3 Å². The summed E-state index contributed by atoms with van der Waals surface area (Å²) in [7, 11) is 1.66. The summed E-state index contributed by atoms with van der Waals surface area (Å²) in [4.78, 5) is 0. The molecule has 1 aliphatic carbocycles. The molecule has 1 heterocycles. The lowest BCUT2D eigenvalue weighted by molar-refractivity contribution is 0.403. The highest BCUT2D eigenvalue weighted by atomic mass is 16.5. The molecule has 1 aromatic carbocycles. The average Bonchev–Trinajstić information content (AvgIpc) is 3.00. The van der Waals surface area contributed by atoms with Gasteiger partial charge in [-0.3, -0.25) is 0 Å². The van der Waals surface area contributed by atoms with E-state index in [-0.39, 0.29) is 5.41 Å². The van der Waals surface area contributed by atoms with Gasteiger partial charge in [-0.15, -0.1) is 0 Å². The van der Waals surface area contributed by atoms with Crippen LogP contribution in [0.25, 0.3) is 11.0 Å². The van der Waals surface area contributed by atoms with Crippen LogP contribution in [0.5, 0.6) is 5.75 Å². The normalized spacial score (nSPS) is 17.6. The van der Waals surface area contributed by atoms with Crippen molar-refractivity contribution in [3.8, 4) is 5.75 Å². The van der Waals surface area contributed by atoms with E-state index in [2.05, 4.69) is 6.07 Å². The molecule has 0 bridgehead atoms. The summed E-state index contributed by atoms with van der Waals surface area (Å²) in [6.45, 7) is 0.662. The minimum Gasteiger partial charge on any atom is -0.493 e. The highest BCUT2D eigenvalue weighted by Gasteiger charge is 2.46. The van der Waals surface area contributed by atoms with E-state index in [0.717, 1.165) is 35.3 Å². The zero-order valence-electron chi connectivity index (χ0n) is 9.32. The summed E-state index contributed by atoms with van der Waals surface area (Å²) in [5.41, 5.74) is 6.74. The van der Waals surface area contributed by atoms with Crippen molar-refractivity contribution in [1.29, 1.82) is 0 Å². The van der Waals surface area contributed by atoms with E-state index in [1.165, 1.54) is 0 Å². The maximum absolute atomic E-state index is 5.90. The number of methoxy groups -OCH3 is 1. The van der Waals surface area contributed by atoms with Crippen molar-refractivity contribution in [2.75, 3.05) is 13.7 Å². The maximum atomic E-state index is 5.90. The Balaban J connectivity index is 2.16. The van der Waals surface area contributed by atoms with Gasteiger partial charge >= 0.3 is 0 Å². The standard InChI is InChI=1S/C13H15NO2/c1-15-10-4-2-3-9-7-11(16-12(9)10)13(8-14)5-6-13/h2-4,7H,5-6,8,14H2,1H3. The van der Waals surface area contributed by atoms with E-state index in [1.54, 1.807) is 7.11 Å². The first-order chi connectivity index (χ1) is 7.79. The van der Waals surface area contributed by atoms with Gasteiger partial charge in [-0.2, -0.15) is 0 Å². The van der Waals surface area contributed by atoms with Gasteiger partial charge in [-0.1, -0.05) is 12.1 Å². The monoisotopic (exact) mass is 217 g/mol. The van der Waals surface area contributed by atoms with Crippen LogP contribution in [-0.4, -0.2) is 13.7 Å². The fraction of sp³-hybridized carbons (Fsp3) is 0.385. The molecule has 0 saturated heterocycles. The number of benzene rings is 1. The summed E-state index contributed by atoms with van der Waals surface area (Å²) in [6, 6.07) is 8.02. The van der Waals surface area contributed by atoms with E-state index in [9.17, 15) is 0 Å². The topological polar surface area (TPSA) is 48.4 Å². The second-order valence-electron chi connectivity index (χ2n) is 4.47. The van der Waals surface area contributed by atoms with Crippen LogP contribution in [0.1, 0.15) is 18.6 Å². The van der Waals surface area contributed by atoms with Gasteiger partial charge in [-0.05, 0) is 25.0 Å². The lowest BCUT2D eigenvalue weighted by Crippen LogP contribution is -2.18. The number of furan rings is 1. The Morgan fingerprint density at radius 2 is 2.25 bits per heavy atom. The summed E-state index contributed by atoms with van der Waals surface area (Å²) in [5.74, 6) is 1.80. The lowest BCUT2D eigenvalue weighted by Gasteiger charge is -2.07. The van der Waals surface area contributed by atoms with Crippen molar-refractivity contribution in [2.45, 2.75) is 18.3 Å². The van der Waals surface area contributed by atoms with Crippen molar-refractivity contribution >= 4 is 11.0 Å². The number of para-hydroxylation sites is 1. The third kappa shape index (κ3) is 1.25. The Bertz CT molecular complexity index is 526. The molecule has 3 rings (SSSR count). The zero-order valence-corrected chi connectivity index (χ0v) is 9.32. The predicted octanol–water partition coefficient (Wildman–Crippen LogP) is 2.43. The van der Waals surface area contributed by atoms with Crippen molar-refractivity contribution in [3.63, 3.8) is 0 Å². The highest BCUT2D eigenvalue weighted by Crippen LogP contribution is 2.49. The smallest absolute Gasteiger partial charge is 0.176 e. The van der Waals surface area contributed by atoms with E-state index < -0.39 is 0 Å². The van der Waals surface area contributed by atoms with Gasteiger partial charge < -0.3 is 14.9 Å². The molecule has 0 aliphatic heterocycles. The quantitative estimate of drug-likeness (QED) is 0.859. The SMILES string of the molecule is COc1cccc2cc(C3(CN)CC3)oc12. The van der Waals surface area contributed by atoms with Crippen molar-refractivity contribution in [2.24, 2.45) is 5.73 Å². The molecule has 1 aromatic heterocycles. The molecule has 84 valence electrons. The number of hydrogen-bond acceptors (Lipinski definition) is 3. The van der Waals surface area contributed by atoms with Crippen molar-refractivity contribution in [1.82, 2.24) is 0 Å². The summed E-state index contributed by atoms with van der Waals surface area (Å²) in [6.07, 6.45) is 2.26. The van der Waals surface area contributed by atoms with Crippen LogP contribution < -0.4 is 10.5 Å². The molecular weight excluding hydrogens is 202 g/mol. The van der Waals surface area contributed by atoms with Crippen molar-refractivity contribution < 1.29 is 9.15 Å². The fourth-order valence-corrected chi connectivity index (χ4v) is 2.16. The fourth-order valence-electron chi connectivity index (χ4n) is 2.16. The predicted molar refractivity (Wildman–Crippen MR) is 62.7 cm³/mol. The van der Waals surface area contributed by atoms with Crippen LogP contribution in [0, 0.1) is 0 Å². The van der Waals surface area contributed by atoms with Crippen LogP contribution in [0.15, 0.2) is 28.7 Å². The molecule has 2 N–H and O–H groups in total. The number of ether oxygens (including phenoxy) is 1. The Morgan fingerprint density at radius 3 is 2.88 bits per heavy atom. The van der Waals surface area contributed by atoms with Gasteiger partial charge in [0.05, 0.1) is 7.11 Å². The Kier molecular flexibility index (Phi) is 1.98.